The molecule has 0 atom stereocenters. The number of benzene rings is 1. The smallest absolute Gasteiger partial charge is 0.338 e. The molecule has 0 saturated carbocycles. The third kappa shape index (κ3) is 3.53. The van der Waals surface area contributed by atoms with Crippen LogP contribution in [-0.4, -0.2) is 29.1 Å². The Morgan fingerprint density at radius 2 is 2.16 bits per heavy atom. The van der Waals surface area contributed by atoms with Crippen LogP contribution in [0.3, 0.4) is 0 Å². The molecule has 4 nitrogen and oxygen atoms in total. The SMILES string of the molecule is Nc1cc(C(=O)O)c(F)cc1NCC1CCSCC1. The van der Waals surface area contributed by atoms with Gasteiger partial charge in [0.15, 0.2) is 0 Å². The van der Waals surface area contributed by atoms with E-state index in [1.54, 1.807) is 0 Å². The Hall–Kier alpha value is -1.43. The highest BCUT2D eigenvalue weighted by atomic mass is 32.2. The molecule has 1 aromatic rings. The van der Waals surface area contributed by atoms with Crippen LogP contribution in [0.4, 0.5) is 15.8 Å². The number of nitrogen functional groups attached to an aromatic ring is 1. The summed E-state index contributed by atoms with van der Waals surface area (Å²) in [5.74, 6) is 0.828. The molecule has 0 aromatic heterocycles. The molecule has 19 heavy (non-hydrogen) atoms. The zero-order chi connectivity index (χ0) is 13.8. The second-order valence-electron chi connectivity index (χ2n) is 4.66. The van der Waals surface area contributed by atoms with E-state index in [4.69, 9.17) is 10.8 Å². The molecule has 1 saturated heterocycles. The molecule has 1 aromatic carbocycles. The summed E-state index contributed by atoms with van der Waals surface area (Å²) in [6, 6.07) is 2.33. The fraction of sp³-hybridized carbons (Fsp3) is 0.462. The normalized spacial score (nSPS) is 16.3. The Bertz CT molecular complexity index is 476. The maximum Gasteiger partial charge on any atom is 0.338 e. The molecule has 1 aliphatic rings. The van der Waals surface area contributed by atoms with Crippen LogP contribution in [0, 0.1) is 11.7 Å². The Morgan fingerprint density at radius 3 is 2.79 bits per heavy atom. The maximum absolute atomic E-state index is 13.6. The van der Waals surface area contributed by atoms with Crippen LogP contribution >= 0.6 is 11.8 Å². The summed E-state index contributed by atoms with van der Waals surface area (Å²) >= 11 is 1.95. The lowest BCUT2D eigenvalue weighted by Gasteiger charge is -2.22. The lowest BCUT2D eigenvalue weighted by molar-refractivity contribution is 0.0692. The van der Waals surface area contributed by atoms with E-state index in [1.165, 1.54) is 0 Å². The highest BCUT2D eigenvalue weighted by molar-refractivity contribution is 7.99. The van der Waals surface area contributed by atoms with E-state index in [-0.39, 0.29) is 5.69 Å². The first kappa shape index (κ1) is 14.0. The van der Waals surface area contributed by atoms with Gasteiger partial charge in [-0.2, -0.15) is 11.8 Å². The molecule has 1 aliphatic heterocycles. The van der Waals surface area contributed by atoms with Gasteiger partial charge in [0.05, 0.1) is 16.9 Å². The second kappa shape index (κ2) is 6.14. The minimum absolute atomic E-state index is 0.268. The lowest BCUT2D eigenvalue weighted by Crippen LogP contribution is -2.19. The van der Waals surface area contributed by atoms with Crippen LogP contribution in [0.2, 0.25) is 0 Å². The van der Waals surface area contributed by atoms with Crippen LogP contribution < -0.4 is 11.1 Å². The summed E-state index contributed by atoms with van der Waals surface area (Å²) in [5.41, 5.74) is 6.10. The fourth-order valence-electron chi connectivity index (χ4n) is 2.11. The van der Waals surface area contributed by atoms with Crippen LogP contribution in [0.5, 0.6) is 0 Å². The topological polar surface area (TPSA) is 75.4 Å². The third-order valence-corrected chi connectivity index (χ3v) is 4.34. The van der Waals surface area contributed by atoms with Gasteiger partial charge in [0, 0.05) is 6.54 Å². The van der Waals surface area contributed by atoms with E-state index in [9.17, 15) is 9.18 Å². The minimum atomic E-state index is -1.31. The summed E-state index contributed by atoms with van der Waals surface area (Å²) in [6.07, 6.45) is 2.29. The number of carbonyl (C=O) groups is 1. The van der Waals surface area contributed by atoms with Crippen molar-refractivity contribution in [2.45, 2.75) is 12.8 Å². The minimum Gasteiger partial charge on any atom is -0.478 e. The lowest BCUT2D eigenvalue weighted by atomic mass is 10.0. The van der Waals surface area contributed by atoms with Gasteiger partial charge in [-0.3, -0.25) is 0 Å². The van der Waals surface area contributed by atoms with Crippen LogP contribution in [0.15, 0.2) is 12.1 Å². The first-order valence-electron chi connectivity index (χ1n) is 6.22. The number of rotatable bonds is 4. The highest BCUT2D eigenvalue weighted by Crippen LogP contribution is 2.26. The quantitative estimate of drug-likeness (QED) is 0.741. The Labute approximate surface area is 115 Å². The van der Waals surface area contributed by atoms with Crippen LogP contribution in [0.1, 0.15) is 23.2 Å². The molecule has 104 valence electrons. The molecule has 6 heteroatoms. The molecular weight excluding hydrogens is 267 g/mol. The van der Waals surface area contributed by atoms with Gasteiger partial charge in [-0.15, -0.1) is 0 Å². The first-order valence-corrected chi connectivity index (χ1v) is 7.37. The number of hydrogen-bond acceptors (Lipinski definition) is 4. The predicted octanol–water partition coefficient (Wildman–Crippen LogP) is 2.66. The largest absolute Gasteiger partial charge is 0.478 e. The number of hydrogen-bond donors (Lipinski definition) is 3. The van der Waals surface area contributed by atoms with Crippen molar-refractivity contribution in [3.05, 3.63) is 23.5 Å². The number of nitrogens with two attached hydrogens (primary N) is 1. The highest BCUT2D eigenvalue weighted by Gasteiger charge is 2.16. The van der Waals surface area contributed by atoms with Gasteiger partial charge in [-0.25, -0.2) is 9.18 Å². The van der Waals surface area contributed by atoms with Crippen molar-refractivity contribution in [3.63, 3.8) is 0 Å². The number of anilines is 2. The molecule has 0 radical (unpaired) electrons. The average Bonchev–Trinajstić information content (AvgIpc) is 2.40. The molecule has 2 rings (SSSR count). The van der Waals surface area contributed by atoms with E-state index >= 15 is 0 Å². The number of carboxylic acids is 1. The van der Waals surface area contributed by atoms with E-state index in [2.05, 4.69) is 5.32 Å². The molecule has 0 amide bonds. The van der Waals surface area contributed by atoms with Crippen LogP contribution in [-0.2, 0) is 0 Å². The summed E-state index contributed by atoms with van der Waals surface area (Å²) in [5, 5.41) is 11.9. The Kier molecular flexibility index (Phi) is 4.52. The Balaban J connectivity index is 2.04. The summed E-state index contributed by atoms with van der Waals surface area (Å²) in [6.45, 7) is 0.747. The van der Waals surface area contributed by atoms with Crippen LogP contribution in [0.25, 0.3) is 0 Å². The predicted molar refractivity (Wildman–Crippen MR) is 76.3 cm³/mol. The van der Waals surface area contributed by atoms with E-state index in [1.807, 2.05) is 11.8 Å². The standard InChI is InChI=1S/C13H17FN2O2S/c14-10-6-12(11(15)5-9(10)13(17)18)16-7-8-1-3-19-4-2-8/h5-6,8,16H,1-4,7,15H2,(H,17,18). The van der Waals surface area contributed by atoms with Gasteiger partial charge in [0.2, 0.25) is 0 Å². The Morgan fingerprint density at radius 1 is 1.47 bits per heavy atom. The number of thioether (sulfide) groups is 1. The van der Waals surface area contributed by atoms with Crippen molar-refractivity contribution in [1.82, 2.24) is 0 Å². The van der Waals surface area contributed by atoms with Gasteiger partial charge in [-0.05, 0) is 42.4 Å². The molecule has 0 bridgehead atoms. The van der Waals surface area contributed by atoms with Gasteiger partial charge in [-0.1, -0.05) is 0 Å². The number of aromatic carboxylic acids is 1. The van der Waals surface area contributed by atoms with Gasteiger partial charge in [0.1, 0.15) is 5.82 Å². The molecule has 0 unspecified atom stereocenters. The molecule has 0 aliphatic carbocycles. The molecule has 1 fully saturated rings. The third-order valence-electron chi connectivity index (χ3n) is 3.29. The monoisotopic (exact) mass is 284 g/mol. The molecule has 1 heterocycles. The van der Waals surface area contributed by atoms with Gasteiger partial charge in [0.25, 0.3) is 0 Å². The van der Waals surface area contributed by atoms with Crippen molar-refractivity contribution >= 4 is 29.1 Å². The number of carboxylic acid groups (broad SMARTS) is 1. The average molecular weight is 284 g/mol. The number of nitrogens with one attached hydrogen (secondary N) is 1. The molecule has 4 N–H and O–H groups in total. The zero-order valence-corrected chi connectivity index (χ0v) is 11.3. The van der Waals surface area contributed by atoms with E-state index in [0.717, 1.165) is 43.0 Å². The molecular formula is C13H17FN2O2S. The van der Waals surface area contributed by atoms with Crippen molar-refractivity contribution in [3.8, 4) is 0 Å². The van der Waals surface area contributed by atoms with E-state index < -0.39 is 17.3 Å². The van der Waals surface area contributed by atoms with Crippen molar-refractivity contribution in [2.75, 3.05) is 29.1 Å². The van der Waals surface area contributed by atoms with Crippen molar-refractivity contribution in [1.29, 1.82) is 0 Å². The second-order valence-corrected chi connectivity index (χ2v) is 5.89. The van der Waals surface area contributed by atoms with E-state index in [0.29, 0.717) is 11.6 Å². The fourth-order valence-corrected chi connectivity index (χ4v) is 3.32. The molecule has 0 spiro atoms. The number of halogens is 1. The summed E-state index contributed by atoms with van der Waals surface area (Å²) in [7, 11) is 0. The van der Waals surface area contributed by atoms with Crippen molar-refractivity contribution < 1.29 is 14.3 Å². The van der Waals surface area contributed by atoms with Gasteiger partial charge >= 0.3 is 5.97 Å². The van der Waals surface area contributed by atoms with Gasteiger partial charge < -0.3 is 16.2 Å². The summed E-state index contributed by atoms with van der Waals surface area (Å²) in [4.78, 5) is 10.8. The maximum atomic E-state index is 13.6. The van der Waals surface area contributed by atoms with Crippen molar-refractivity contribution in [2.24, 2.45) is 5.92 Å². The zero-order valence-electron chi connectivity index (χ0n) is 10.5. The summed E-state index contributed by atoms with van der Waals surface area (Å²) < 4.78 is 13.6. The first-order chi connectivity index (χ1) is 9.08.